The highest BCUT2D eigenvalue weighted by Gasteiger charge is 2.61. The summed E-state index contributed by atoms with van der Waals surface area (Å²) >= 11 is 0. The number of rotatable bonds is 6. The molecule has 3 rings (SSSR count). The van der Waals surface area contributed by atoms with E-state index in [0.717, 1.165) is 0 Å². The molecule has 4 nitrogen and oxygen atoms in total. The van der Waals surface area contributed by atoms with E-state index in [4.69, 9.17) is 9.47 Å². The van der Waals surface area contributed by atoms with Crippen LogP contribution in [0.25, 0.3) is 0 Å². The molecule has 0 spiro atoms. The Kier molecular flexibility index (Phi) is 5.56. The van der Waals surface area contributed by atoms with Crippen LogP contribution < -0.4 is 4.74 Å². The van der Waals surface area contributed by atoms with Crippen molar-refractivity contribution in [3.8, 4) is 17.6 Å². The van der Waals surface area contributed by atoms with Crippen molar-refractivity contribution in [3.63, 3.8) is 0 Å². The predicted molar refractivity (Wildman–Crippen MR) is 108 cm³/mol. The zero-order chi connectivity index (χ0) is 20.3. The zero-order valence-corrected chi connectivity index (χ0v) is 16.7. The molecule has 2 aromatic carbocycles. The first kappa shape index (κ1) is 19.7. The van der Waals surface area contributed by atoms with Gasteiger partial charge >= 0.3 is 5.97 Å². The normalized spacial score (nSPS) is 20.4. The molecule has 0 N–H and O–H groups in total. The number of nitriles is 1. The molecule has 0 heterocycles. The van der Waals surface area contributed by atoms with E-state index in [2.05, 4.69) is 26.0 Å². The number of esters is 1. The molecular weight excluding hydrogens is 350 g/mol. The van der Waals surface area contributed by atoms with Crippen molar-refractivity contribution in [2.45, 2.75) is 33.8 Å². The Labute approximate surface area is 166 Å². The van der Waals surface area contributed by atoms with Crippen molar-refractivity contribution in [1.82, 2.24) is 0 Å². The molecule has 3 atom stereocenters. The van der Waals surface area contributed by atoms with E-state index in [9.17, 15) is 10.1 Å². The van der Waals surface area contributed by atoms with E-state index >= 15 is 0 Å². The van der Waals surface area contributed by atoms with Crippen molar-refractivity contribution in [1.29, 1.82) is 5.26 Å². The molecule has 1 saturated carbocycles. The molecule has 144 valence electrons. The summed E-state index contributed by atoms with van der Waals surface area (Å²) in [6.45, 7) is 8.15. The third kappa shape index (κ3) is 4.26. The summed E-state index contributed by atoms with van der Waals surface area (Å²) in [6.07, 6.45) is 1.15. The molecule has 1 aliphatic rings. The summed E-state index contributed by atoms with van der Waals surface area (Å²) in [5.41, 5.74) is 1.63. The van der Waals surface area contributed by atoms with Gasteiger partial charge in [-0.25, -0.2) is 0 Å². The zero-order valence-electron chi connectivity index (χ0n) is 16.7. The second-order valence-corrected chi connectivity index (χ2v) is 8.00. The molecule has 2 unspecified atom stereocenters. The molecule has 0 amide bonds. The summed E-state index contributed by atoms with van der Waals surface area (Å²) in [4.78, 5) is 12.7. The van der Waals surface area contributed by atoms with Crippen molar-refractivity contribution >= 4 is 5.97 Å². The minimum atomic E-state index is -0.962. The summed E-state index contributed by atoms with van der Waals surface area (Å²) in [6, 6.07) is 18.6. The van der Waals surface area contributed by atoms with Crippen molar-refractivity contribution in [2.75, 3.05) is 0 Å². The fourth-order valence-electron chi connectivity index (χ4n) is 3.52. The average Bonchev–Trinajstić information content (AvgIpc) is 3.20. The molecule has 28 heavy (non-hydrogen) atoms. The van der Waals surface area contributed by atoms with E-state index < -0.39 is 6.10 Å². The molecule has 0 bridgehead atoms. The maximum Gasteiger partial charge on any atom is 0.311 e. The highest BCUT2D eigenvalue weighted by molar-refractivity contribution is 5.78. The van der Waals surface area contributed by atoms with Crippen molar-refractivity contribution in [3.05, 3.63) is 71.8 Å². The fourth-order valence-corrected chi connectivity index (χ4v) is 3.52. The van der Waals surface area contributed by atoms with Gasteiger partial charge in [0.25, 0.3) is 0 Å². The van der Waals surface area contributed by atoms with Gasteiger partial charge in [0.05, 0.1) is 5.92 Å². The molecular formula is C24H25NO3. The minimum absolute atomic E-state index is 0.146. The molecule has 1 fully saturated rings. The Morgan fingerprint density at radius 3 is 2.43 bits per heavy atom. The van der Waals surface area contributed by atoms with E-state index in [1.807, 2.05) is 50.2 Å². The molecule has 0 radical (unpaired) electrons. The lowest BCUT2D eigenvalue weighted by Gasteiger charge is -2.13. The second-order valence-electron chi connectivity index (χ2n) is 8.00. The van der Waals surface area contributed by atoms with Crippen LogP contribution in [0.15, 0.2) is 66.2 Å². The Hall–Kier alpha value is -3.06. The van der Waals surface area contributed by atoms with Crippen LogP contribution >= 0.6 is 0 Å². The lowest BCUT2D eigenvalue weighted by molar-refractivity contribution is -0.149. The van der Waals surface area contributed by atoms with Crippen LogP contribution in [0.4, 0.5) is 0 Å². The lowest BCUT2D eigenvalue weighted by Crippen LogP contribution is -2.14. The van der Waals surface area contributed by atoms with Crippen LogP contribution in [-0.4, -0.2) is 5.97 Å². The topological polar surface area (TPSA) is 59.3 Å². The number of nitrogens with zero attached hydrogens (tertiary/aromatic N) is 1. The van der Waals surface area contributed by atoms with Crippen molar-refractivity contribution < 1.29 is 14.3 Å². The average molecular weight is 375 g/mol. The number of carbonyl (C=O) groups excluding carboxylic acids is 1. The van der Waals surface area contributed by atoms with Gasteiger partial charge in [0.1, 0.15) is 17.6 Å². The molecule has 0 saturated heterocycles. The lowest BCUT2D eigenvalue weighted by atomic mass is 10.1. The standard InChI is InChI=1S/C24H25NO3/c1-16(2)13-20-22(24(20,3)4)23(26)28-21(15-25)17-9-8-12-19(14-17)27-18-10-6-5-7-11-18/h5-14,20-22H,1-4H3/t20?,21?,22-/m0/s1. The monoisotopic (exact) mass is 375 g/mol. The van der Waals surface area contributed by atoms with Gasteiger partial charge in [-0.1, -0.05) is 55.8 Å². The summed E-state index contributed by atoms with van der Waals surface area (Å²) < 4.78 is 11.4. The molecule has 0 aromatic heterocycles. The number of ether oxygens (including phenoxy) is 2. The SMILES string of the molecule is CC(C)=CC1[C@@H](C(=O)OC(C#N)c2cccc(Oc3ccccc3)c2)C1(C)C. The largest absolute Gasteiger partial charge is 0.457 e. The third-order valence-corrected chi connectivity index (χ3v) is 5.17. The van der Waals surface area contributed by atoms with E-state index in [0.29, 0.717) is 17.1 Å². The van der Waals surface area contributed by atoms with Gasteiger partial charge in [-0.15, -0.1) is 0 Å². The van der Waals surface area contributed by atoms with Crippen LogP contribution in [-0.2, 0) is 9.53 Å². The first-order valence-corrected chi connectivity index (χ1v) is 9.41. The van der Waals surface area contributed by atoms with Gasteiger partial charge in [0.2, 0.25) is 6.10 Å². The summed E-state index contributed by atoms with van der Waals surface area (Å²) in [5.74, 6) is 0.899. The molecule has 0 aliphatic heterocycles. The van der Waals surface area contributed by atoms with E-state index in [1.54, 1.807) is 18.2 Å². The quantitative estimate of drug-likeness (QED) is 0.471. The van der Waals surface area contributed by atoms with Crippen LogP contribution in [0.5, 0.6) is 11.5 Å². The van der Waals surface area contributed by atoms with Gasteiger partial charge in [-0.2, -0.15) is 5.26 Å². The Balaban J connectivity index is 1.72. The molecule has 2 aromatic rings. The van der Waals surface area contributed by atoms with Gasteiger partial charge in [0, 0.05) is 5.56 Å². The first-order chi connectivity index (χ1) is 13.3. The predicted octanol–water partition coefficient (Wildman–Crippen LogP) is 5.83. The van der Waals surface area contributed by atoms with Gasteiger partial charge in [0.15, 0.2) is 0 Å². The number of benzene rings is 2. The summed E-state index contributed by atoms with van der Waals surface area (Å²) in [5, 5.41) is 9.57. The van der Waals surface area contributed by atoms with Gasteiger partial charge in [-0.3, -0.25) is 4.79 Å². The number of para-hydroxylation sites is 1. The highest BCUT2D eigenvalue weighted by atomic mass is 16.5. The highest BCUT2D eigenvalue weighted by Crippen LogP contribution is 2.60. The Bertz CT molecular complexity index is 920. The van der Waals surface area contributed by atoms with Gasteiger partial charge in [-0.05, 0) is 49.4 Å². The second kappa shape index (κ2) is 7.90. The number of hydrogen-bond donors (Lipinski definition) is 0. The van der Waals surface area contributed by atoms with Gasteiger partial charge < -0.3 is 9.47 Å². The van der Waals surface area contributed by atoms with E-state index in [1.165, 1.54) is 5.57 Å². The Morgan fingerprint density at radius 2 is 1.79 bits per heavy atom. The van der Waals surface area contributed by atoms with E-state index in [-0.39, 0.29) is 23.2 Å². The van der Waals surface area contributed by atoms with Crippen LogP contribution in [0.2, 0.25) is 0 Å². The number of allylic oxidation sites excluding steroid dienone is 2. The maximum absolute atomic E-state index is 12.7. The third-order valence-electron chi connectivity index (χ3n) is 5.17. The van der Waals surface area contributed by atoms with Crippen LogP contribution in [0.1, 0.15) is 39.4 Å². The minimum Gasteiger partial charge on any atom is -0.457 e. The van der Waals surface area contributed by atoms with Crippen LogP contribution in [0.3, 0.4) is 0 Å². The molecule has 1 aliphatic carbocycles. The number of hydrogen-bond acceptors (Lipinski definition) is 4. The Morgan fingerprint density at radius 1 is 1.11 bits per heavy atom. The molecule has 4 heteroatoms. The fraction of sp³-hybridized carbons (Fsp3) is 0.333. The number of carbonyl (C=O) groups is 1. The summed E-state index contributed by atoms with van der Waals surface area (Å²) in [7, 11) is 0. The first-order valence-electron chi connectivity index (χ1n) is 9.41. The maximum atomic E-state index is 12.7. The van der Waals surface area contributed by atoms with Crippen molar-refractivity contribution in [2.24, 2.45) is 17.3 Å². The smallest absolute Gasteiger partial charge is 0.311 e. The van der Waals surface area contributed by atoms with Crippen LogP contribution in [0, 0.1) is 28.6 Å².